The number of hydrogen-bond donors (Lipinski definition) is 2. The summed E-state index contributed by atoms with van der Waals surface area (Å²) >= 11 is 0. The van der Waals surface area contributed by atoms with Crippen molar-refractivity contribution in [3.63, 3.8) is 0 Å². The maximum atomic E-state index is 13.0. The van der Waals surface area contributed by atoms with Crippen LogP contribution in [0.4, 0.5) is 0 Å². The molecule has 0 unspecified atom stereocenters. The van der Waals surface area contributed by atoms with Crippen molar-refractivity contribution in [1.82, 2.24) is 25.0 Å². The Kier molecular flexibility index (Phi) is 6.91. The van der Waals surface area contributed by atoms with Gasteiger partial charge in [0.2, 0.25) is 11.8 Å². The number of para-hydroxylation sites is 1. The summed E-state index contributed by atoms with van der Waals surface area (Å²) in [5, 5.41) is 7.16. The number of rotatable bonds is 8. The first kappa shape index (κ1) is 21.7. The topological polar surface area (TPSA) is 106 Å². The van der Waals surface area contributed by atoms with Gasteiger partial charge >= 0.3 is 0 Å². The van der Waals surface area contributed by atoms with E-state index in [0.29, 0.717) is 19.5 Å². The van der Waals surface area contributed by atoms with Gasteiger partial charge in [-0.1, -0.05) is 48.5 Å². The van der Waals surface area contributed by atoms with Crippen LogP contribution in [-0.2, 0) is 22.6 Å². The molecule has 8 nitrogen and oxygen atoms in total. The highest BCUT2D eigenvalue weighted by molar-refractivity contribution is 5.84. The second-order valence-corrected chi connectivity index (χ2v) is 8.07. The maximum absolute atomic E-state index is 13.0. The number of aromatic nitrogens is 3. The van der Waals surface area contributed by atoms with Crippen LogP contribution in [0.1, 0.15) is 30.4 Å². The van der Waals surface area contributed by atoms with Crippen molar-refractivity contribution < 1.29 is 9.59 Å². The SMILES string of the molecule is N[C@H](Cc1ccccc1)C(=O)N1CCC[C@H]1CC(=O)NCc1ccccc1-n1cncn1. The summed E-state index contributed by atoms with van der Waals surface area (Å²) < 4.78 is 1.67. The lowest BCUT2D eigenvalue weighted by Crippen LogP contribution is -2.48. The lowest BCUT2D eigenvalue weighted by Gasteiger charge is -2.27. The molecule has 0 aliphatic carbocycles. The van der Waals surface area contributed by atoms with Crippen LogP contribution in [0.25, 0.3) is 5.69 Å². The fraction of sp³-hybridized carbons (Fsp3) is 0.333. The summed E-state index contributed by atoms with van der Waals surface area (Å²) in [4.78, 5) is 31.4. The summed E-state index contributed by atoms with van der Waals surface area (Å²) in [6.45, 7) is 1.03. The Morgan fingerprint density at radius 3 is 2.69 bits per heavy atom. The number of amides is 2. The first-order valence-corrected chi connectivity index (χ1v) is 10.9. The van der Waals surface area contributed by atoms with E-state index in [1.807, 2.05) is 54.6 Å². The molecule has 2 heterocycles. The van der Waals surface area contributed by atoms with Crippen molar-refractivity contribution in [2.24, 2.45) is 5.73 Å². The second kappa shape index (κ2) is 10.2. The van der Waals surface area contributed by atoms with Gasteiger partial charge in [-0.2, -0.15) is 5.10 Å². The Labute approximate surface area is 187 Å². The third kappa shape index (κ3) is 5.20. The minimum Gasteiger partial charge on any atom is -0.352 e. The van der Waals surface area contributed by atoms with Crippen LogP contribution < -0.4 is 11.1 Å². The largest absolute Gasteiger partial charge is 0.352 e. The highest BCUT2D eigenvalue weighted by atomic mass is 16.2. The van der Waals surface area contributed by atoms with Crippen LogP contribution >= 0.6 is 0 Å². The summed E-state index contributed by atoms with van der Waals surface area (Å²) in [6, 6.07) is 16.8. The van der Waals surface area contributed by atoms with Crippen LogP contribution in [0.5, 0.6) is 0 Å². The molecule has 166 valence electrons. The van der Waals surface area contributed by atoms with Crippen LogP contribution in [0.2, 0.25) is 0 Å². The minimum absolute atomic E-state index is 0.0827. The fourth-order valence-electron chi connectivity index (χ4n) is 4.20. The molecule has 32 heavy (non-hydrogen) atoms. The predicted molar refractivity (Wildman–Crippen MR) is 121 cm³/mol. The molecule has 0 bridgehead atoms. The number of nitrogens with one attached hydrogen (secondary N) is 1. The smallest absolute Gasteiger partial charge is 0.240 e. The molecule has 0 spiro atoms. The molecule has 2 atom stereocenters. The number of nitrogens with two attached hydrogens (primary N) is 1. The standard InChI is InChI=1S/C24H28N6O2/c25-21(13-18-7-2-1-3-8-18)24(32)29-12-6-10-20(29)14-23(31)27-15-19-9-4-5-11-22(19)30-17-26-16-28-30/h1-5,7-9,11,16-17,20-21H,6,10,12-15,25H2,(H,27,31)/t20-,21+/m0/s1. The van der Waals surface area contributed by atoms with E-state index < -0.39 is 6.04 Å². The van der Waals surface area contributed by atoms with Crippen LogP contribution in [0.15, 0.2) is 67.3 Å². The van der Waals surface area contributed by atoms with Crippen molar-refractivity contribution in [2.45, 2.75) is 44.3 Å². The Hall–Kier alpha value is -3.52. The Bertz CT molecular complexity index is 1040. The number of carbonyl (C=O) groups excluding carboxylic acids is 2. The zero-order chi connectivity index (χ0) is 22.3. The molecule has 2 amide bonds. The van der Waals surface area contributed by atoms with E-state index in [2.05, 4.69) is 15.4 Å². The lowest BCUT2D eigenvalue weighted by atomic mass is 10.0. The third-order valence-corrected chi connectivity index (χ3v) is 5.83. The van der Waals surface area contributed by atoms with Gasteiger partial charge < -0.3 is 16.0 Å². The molecule has 0 radical (unpaired) electrons. The van der Waals surface area contributed by atoms with Crippen LogP contribution in [0.3, 0.4) is 0 Å². The number of benzene rings is 2. The zero-order valence-corrected chi connectivity index (χ0v) is 17.9. The molecular weight excluding hydrogens is 404 g/mol. The molecule has 4 rings (SSSR count). The summed E-state index contributed by atoms with van der Waals surface area (Å²) in [5.74, 6) is -0.166. The normalized spacial score (nSPS) is 16.7. The van der Waals surface area contributed by atoms with Crippen molar-refractivity contribution in [3.05, 3.63) is 78.4 Å². The summed E-state index contributed by atoms with van der Waals surface area (Å²) in [5.41, 5.74) is 9.06. The molecule has 1 aliphatic rings. The molecule has 1 saturated heterocycles. The molecule has 3 aromatic rings. The average Bonchev–Trinajstić information content (AvgIpc) is 3.50. The Morgan fingerprint density at radius 1 is 1.12 bits per heavy atom. The first-order valence-electron chi connectivity index (χ1n) is 10.9. The minimum atomic E-state index is -0.601. The van der Waals surface area contributed by atoms with Gasteiger partial charge in [-0.15, -0.1) is 0 Å². The van der Waals surface area contributed by atoms with Gasteiger partial charge in [0.1, 0.15) is 12.7 Å². The molecule has 1 aliphatic heterocycles. The molecular formula is C24H28N6O2. The molecule has 0 saturated carbocycles. The van der Waals surface area contributed by atoms with Gasteiger partial charge in [0.15, 0.2) is 0 Å². The van der Waals surface area contributed by atoms with Crippen molar-refractivity contribution in [3.8, 4) is 5.69 Å². The quantitative estimate of drug-likeness (QED) is 0.565. The zero-order valence-electron chi connectivity index (χ0n) is 17.9. The van der Waals surface area contributed by atoms with Gasteiger partial charge in [0.05, 0.1) is 11.7 Å². The molecule has 1 fully saturated rings. The Balaban J connectivity index is 1.33. The van der Waals surface area contributed by atoms with Gasteiger partial charge in [0.25, 0.3) is 0 Å². The highest BCUT2D eigenvalue weighted by Gasteiger charge is 2.33. The number of carbonyl (C=O) groups is 2. The molecule has 3 N–H and O–H groups in total. The monoisotopic (exact) mass is 432 g/mol. The predicted octanol–water partition coefficient (Wildman–Crippen LogP) is 1.83. The van der Waals surface area contributed by atoms with Gasteiger partial charge in [-0.25, -0.2) is 9.67 Å². The highest BCUT2D eigenvalue weighted by Crippen LogP contribution is 2.22. The summed E-state index contributed by atoms with van der Waals surface area (Å²) in [6.07, 6.45) is 5.57. The average molecular weight is 433 g/mol. The third-order valence-electron chi connectivity index (χ3n) is 5.83. The van der Waals surface area contributed by atoms with Gasteiger partial charge in [0, 0.05) is 25.6 Å². The van der Waals surface area contributed by atoms with Crippen LogP contribution in [0, 0.1) is 0 Å². The van der Waals surface area contributed by atoms with Crippen molar-refractivity contribution >= 4 is 11.8 Å². The first-order chi connectivity index (χ1) is 15.6. The van der Waals surface area contributed by atoms with Crippen molar-refractivity contribution in [1.29, 1.82) is 0 Å². The van der Waals surface area contributed by atoms with E-state index in [4.69, 9.17) is 5.73 Å². The number of likely N-dealkylation sites (tertiary alicyclic amines) is 1. The van der Waals surface area contributed by atoms with Gasteiger partial charge in [-0.3, -0.25) is 9.59 Å². The molecule has 8 heteroatoms. The second-order valence-electron chi connectivity index (χ2n) is 8.07. The van der Waals surface area contributed by atoms with E-state index in [1.54, 1.807) is 15.9 Å². The fourth-order valence-corrected chi connectivity index (χ4v) is 4.20. The Morgan fingerprint density at radius 2 is 1.91 bits per heavy atom. The van der Waals surface area contributed by atoms with Crippen molar-refractivity contribution in [2.75, 3.05) is 6.54 Å². The molecule has 1 aromatic heterocycles. The van der Waals surface area contributed by atoms with Gasteiger partial charge in [-0.05, 0) is 36.5 Å². The van der Waals surface area contributed by atoms with E-state index in [9.17, 15) is 9.59 Å². The maximum Gasteiger partial charge on any atom is 0.240 e. The van der Waals surface area contributed by atoms with Crippen LogP contribution in [-0.4, -0.2) is 50.1 Å². The number of hydrogen-bond acceptors (Lipinski definition) is 5. The van der Waals surface area contributed by atoms with E-state index in [-0.39, 0.29) is 24.3 Å². The van der Waals surface area contributed by atoms with E-state index >= 15 is 0 Å². The summed E-state index contributed by atoms with van der Waals surface area (Å²) in [7, 11) is 0. The molecule has 2 aromatic carbocycles. The lowest BCUT2D eigenvalue weighted by molar-refractivity contribution is -0.134. The number of nitrogens with zero attached hydrogens (tertiary/aromatic N) is 4. The van der Waals surface area contributed by atoms with E-state index in [0.717, 1.165) is 29.7 Å². The van der Waals surface area contributed by atoms with E-state index in [1.165, 1.54) is 6.33 Å².